The molecule has 0 aromatic carbocycles. The van der Waals surface area contributed by atoms with Crippen LogP contribution >= 0.6 is 11.3 Å². The van der Waals surface area contributed by atoms with Crippen molar-refractivity contribution >= 4 is 28.2 Å². The molecule has 0 fully saturated rings. The maximum absolute atomic E-state index is 12.3. The average molecular weight is 320 g/mol. The first-order valence-corrected chi connectivity index (χ1v) is 7.96. The minimum absolute atomic E-state index is 0.0927. The number of anilines is 1. The summed E-state index contributed by atoms with van der Waals surface area (Å²) in [6, 6.07) is 5.13. The molecule has 6 heteroatoms. The van der Waals surface area contributed by atoms with E-state index in [9.17, 15) is 9.59 Å². The lowest BCUT2D eigenvalue weighted by Crippen LogP contribution is -2.35. The zero-order valence-electron chi connectivity index (χ0n) is 13.1. The number of rotatable bonds is 5. The van der Waals surface area contributed by atoms with Gasteiger partial charge in [0.05, 0.1) is 16.1 Å². The molecule has 2 rings (SSSR count). The molecule has 0 bridgehead atoms. The van der Waals surface area contributed by atoms with Crippen LogP contribution in [0, 0.1) is 12.8 Å². The van der Waals surface area contributed by atoms with Gasteiger partial charge in [0.2, 0.25) is 0 Å². The Morgan fingerprint density at radius 1 is 1.23 bits per heavy atom. The summed E-state index contributed by atoms with van der Waals surface area (Å²) in [7, 11) is 0. The molecule has 118 valence electrons. The van der Waals surface area contributed by atoms with Crippen LogP contribution in [-0.2, 0) is 0 Å². The third kappa shape index (κ3) is 3.76. The second-order valence-electron chi connectivity index (χ2n) is 5.56. The monoisotopic (exact) mass is 320 g/mol. The van der Waals surface area contributed by atoms with E-state index in [2.05, 4.69) is 24.5 Å². The molecule has 2 amide bonds. The Hall–Kier alpha value is -2.08. The van der Waals surface area contributed by atoms with Crippen LogP contribution in [0.25, 0.3) is 0 Å². The topological polar surface area (TPSA) is 71.3 Å². The number of hydrogen-bond donors (Lipinski definition) is 2. The van der Waals surface area contributed by atoms with Crippen LogP contribution in [0.1, 0.15) is 46.6 Å². The molecule has 0 saturated heterocycles. The number of nitrogens with one attached hydrogen (secondary N) is 2. The van der Waals surface area contributed by atoms with Crippen LogP contribution < -0.4 is 10.6 Å². The summed E-state index contributed by atoms with van der Waals surface area (Å²) < 4.78 is 5.04. The molecule has 2 aromatic rings. The summed E-state index contributed by atoms with van der Waals surface area (Å²) in [4.78, 5) is 24.8. The van der Waals surface area contributed by atoms with Crippen LogP contribution in [0.4, 0.5) is 5.00 Å². The number of carbonyl (C=O) groups is 2. The van der Waals surface area contributed by atoms with Gasteiger partial charge in [-0.2, -0.15) is 0 Å². The van der Waals surface area contributed by atoms with Crippen LogP contribution in [0.2, 0.25) is 0 Å². The third-order valence-electron chi connectivity index (χ3n) is 3.46. The Morgan fingerprint density at radius 2 is 1.95 bits per heavy atom. The molecule has 2 heterocycles. The van der Waals surface area contributed by atoms with Gasteiger partial charge >= 0.3 is 0 Å². The normalized spacial score (nSPS) is 12.2. The summed E-state index contributed by atoms with van der Waals surface area (Å²) in [6.07, 6.45) is 1.45. The Balaban J connectivity index is 2.08. The second kappa shape index (κ2) is 6.79. The van der Waals surface area contributed by atoms with Gasteiger partial charge in [0.15, 0.2) is 5.76 Å². The molecule has 1 atom stereocenters. The van der Waals surface area contributed by atoms with Gasteiger partial charge in [-0.1, -0.05) is 13.8 Å². The van der Waals surface area contributed by atoms with E-state index in [0.717, 1.165) is 5.56 Å². The highest BCUT2D eigenvalue weighted by molar-refractivity contribution is 7.18. The molecule has 5 nitrogen and oxygen atoms in total. The van der Waals surface area contributed by atoms with E-state index >= 15 is 0 Å². The van der Waals surface area contributed by atoms with Gasteiger partial charge in [0, 0.05) is 6.04 Å². The summed E-state index contributed by atoms with van der Waals surface area (Å²) in [5.74, 6) is 0.170. The van der Waals surface area contributed by atoms with Crippen molar-refractivity contribution in [2.45, 2.75) is 33.7 Å². The van der Waals surface area contributed by atoms with E-state index in [1.165, 1.54) is 17.6 Å². The van der Waals surface area contributed by atoms with Gasteiger partial charge in [-0.05, 0) is 43.5 Å². The van der Waals surface area contributed by atoms with Gasteiger partial charge in [-0.25, -0.2) is 0 Å². The van der Waals surface area contributed by atoms with Gasteiger partial charge in [-0.15, -0.1) is 11.3 Å². The maximum atomic E-state index is 12.3. The molecular formula is C16H20N2O3S. The smallest absolute Gasteiger partial charge is 0.291 e. The SMILES string of the molecule is Cc1cc(NC(=O)c2ccco2)sc1C(=O)N[C@H](C)C(C)C. The lowest BCUT2D eigenvalue weighted by molar-refractivity contribution is 0.0933. The molecule has 0 saturated carbocycles. The fourth-order valence-electron chi connectivity index (χ4n) is 1.79. The number of aryl methyl sites for hydroxylation is 1. The number of furan rings is 1. The standard InChI is InChI=1S/C16H20N2O3S/c1-9(2)11(4)17-16(20)14-10(3)8-13(22-14)18-15(19)12-6-5-7-21-12/h5-9,11H,1-4H3,(H,17,20)(H,18,19)/t11-/m1/s1. The van der Waals surface area contributed by atoms with E-state index in [1.807, 2.05) is 13.8 Å². The molecule has 0 unspecified atom stereocenters. The van der Waals surface area contributed by atoms with E-state index in [4.69, 9.17) is 4.42 Å². The highest BCUT2D eigenvalue weighted by atomic mass is 32.1. The molecular weight excluding hydrogens is 300 g/mol. The number of hydrogen-bond acceptors (Lipinski definition) is 4. The zero-order valence-corrected chi connectivity index (χ0v) is 13.9. The molecule has 0 aliphatic rings. The predicted molar refractivity (Wildman–Crippen MR) is 87.5 cm³/mol. The van der Waals surface area contributed by atoms with Gasteiger partial charge in [-0.3, -0.25) is 9.59 Å². The summed E-state index contributed by atoms with van der Waals surface area (Å²) in [5.41, 5.74) is 0.841. The van der Waals surface area contributed by atoms with E-state index in [1.54, 1.807) is 18.2 Å². The Morgan fingerprint density at radius 3 is 2.55 bits per heavy atom. The number of carbonyl (C=O) groups excluding carboxylic acids is 2. The lowest BCUT2D eigenvalue weighted by atomic mass is 10.1. The first kappa shape index (κ1) is 16.3. The largest absolute Gasteiger partial charge is 0.459 e. The van der Waals surface area contributed by atoms with Crippen molar-refractivity contribution in [2.24, 2.45) is 5.92 Å². The summed E-state index contributed by atoms with van der Waals surface area (Å²) >= 11 is 1.26. The van der Waals surface area contributed by atoms with Gasteiger partial charge in [0.25, 0.3) is 11.8 Å². The molecule has 2 N–H and O–H groups in total. The molecule has 22 heavy (non-hydrogen) atoms. The quantitative estimate of drug-likeness (QED) is 0.883. The third-order valence-corrected chi connectivity index (χ3v) is 4.62. The Kier molecular flexibility index (Phi) is 5.03. The summed E-state index contributed by atoms with van der Waals surface area (Å²) in [6.45, 7) is 7.95. The highest BCUT2D eigenvalue weighted by Crippen LogP contribution is 2.27. The molecule has 0 spiro atoms. The Labute approximate surface area is 133 Å². The van der Waals surface area contributed by atoms with Crippen molar-refractivity contribution in [2.75, 3.05) is 5.32 Å². The van der Waals surface area contributed by atoms with E-state index in [0.29, 0.717) is 15.8 Å². The fourth-order valence-corrected chi connectivity index (χ4v) is 2.76. The van der Waals surface area contributed by atoms with Crippen molar-refractivity contribution < 1.29 is 14.0 Å². The van der Waals surface area contributed by atoms with Gasteiger partial charge in [0.1, 0.15) is 0 Å². The second-order valence-corrected chi connectivity index (χ2v) is 6.61. The van der Waals surface area contributed by atoms with Gasteiger partial charge < -0.3 is 15.1 Å². The molecule has 2 aromatic heterocycles. The maximum Gasteiger partial charge on any atom is 0.291 e. The minimum atomic E-state index is -0.325. The molecule has 0 aliphatic heterocycles. The fraction of sp³-hybridized carbons (Fsp3) is 0.375. The first-order valence-electron chi connectivity index (χ1n) is 7.14. The van der Waals surface area contributed by atoms with Crippen LogP contribution in [0.5, 0.6) is 0 Å². The summed E-state index contributed by atoms with van der Waals surface area (Å²) in [5, 5.41) is 6.34. The lowest BCUT2D eigenvalue weighted by Gasteiger charge is -2.16. The van der Waals surface area contributed by atoms with Crippen LogP contribution in [0.3, 0.4) is 0 Å². The molecule has 0 radical (unpaired) electrons. The van der Waals surface area contributed by atoms with E-state index in [-0.39, 0.29) is 23.6 Å². The molecule has 0 aliphatic carbocycles. The first-order chi connectivity index (χ1) is 10.4. The number of amides is 2. The van der Waals surface area contributed by atoms with Crippen molar-refractivity contribution in [3.63, 3.8) is 0 Å². The minimum Gasteiger partial charge on any atom is -0.459 e. The average Bonchev–Trinajstić information content (AvgIpc) is 3.08. The Bertz CT molecular complexity index is 659. The van der Waals surface area contributed by atoms with E-state index < -0.39 is 0 Å². The van der Waals surface area contributed by atoms with Crippen molar-refractivity contribution in [3.05, 3.63) is 40.7 Å². The van der Waals surface area contributed by atoms with Crippen molar-refractivity contribution in [3.8, 4) is 0 Å². The highest BCUT2D eigenvalue weighted by Gasteiger charge is 2.18. The zero-order chi connectivity index (χ0) is 16.3. The van der Waals surface area contributed by atoms with Crippen LogP contribution in [-0.4, -0.2) is 17.9 Å². The van der Waals surface area contributed by atoms with Crippen molar-refractivity contribution in [1.82, 2.24) is 5.32 Å². The van der Waals surface area contributed by atoms with Crippen molar-refractivity contribution in [1.29, 1.82) is 0 Å². The van der Waals surface area contributed by atoms with Crippen LogP contribution in [0.15, 0.2) is 28.9 Å². The predicted octanol–water partition coefficient (Wildman–Crippen LogP) is 3.68. The number of thiophene rings is 1.